The van der Waals surface area contributed by atoms with E-state index in [1.807, 2.05) is 43.3 Å². The van der Waals surface area contributed by atoms with Gasteiger partial charge in [-0.05, 0) is 38.4 Å². The number of rotatable bonds is 3. The van der Waals surface area contributed by atoms with Crippen LogP contribution >= 0.6 is 0 Å². The van der Waals surface area contributed by atoms with Crippen molar-refractivity contribution in [1.82, 2.24) is 14.3 Å². The molecule has 2 N–H and O–H groups in total. The number of nitrogens with two attached hydrogens (primary N) is 1. The van der Waals surface area contributed by atoms with Gasteiger partial charge in [-0.2, -0.15) is 0 Å². The Morgan fingerprint density at radius 2 is 2.05 bits per heavy atom. The second-order valence-corrected chi connectivity index (χ2v) is 5.35. The van der Waals surface area contributed by atoms with Crippen LogP contribution in [0.15, 0.2) is 42.6 Å². The molecule has 0 saturated carbocycles. The first kappa shape index (κ1) is 13.6. The number of pyridine rings is 1. The van der Waals surface area contributed by atoms with Gasteiger partial charge in [-0.1, -0.05) is 12.1 Å². The van der Waals surface area contributed by atoms with Gasteiger partial charge in [0.25, 0.3) is 0 Å². The van der Waals surface area contributed by atoms with Crippen molar-refractivity contribution in [1.29, 1.82) is 0 Å². The van der Waals surface area contributed by atoms with Gasteiger partial charge >= 0.3 is 0 Å². The minimum atomic E-state index is -0.279. The van der Waals surface area contributed by atoms with Crippen molar-refractivity contribution in [3.8, 4) is 11.3 Å². The fourth-order valence-electron chi connectivity index (χ4n) is 2.44. The molecule has 0 radical (unpaired) electrons. The number of nitrogens with zero attached hydrogens (tertiary/aromatic N) is 3. The van der Waals surface area contributed by atoms with Crippen molar-refractivity contribution >= 4 is 11.3 Å². The average molecular weight is 284 g/mol. The van der Waals surface area contributed by atoms with Gasteiger partial charge in [0.2, 0.25) is 0 Å². The first-order chi connectivity index (χ1) is 10.0. The summed E-state index contributed by atoms with van der Waals surface area (Å²) in [5.74, 6) is -0.279. The molecule has 108 valence electrons. The zero-order valence-corrected chi connectivity index (χ0v) is 12.0. The predicted octanol–water partition coefficient (Wildman–Crippen LogP) is 2.78. The third-order valence-electron chi connectivity index (χ3n) is 3.31. The standard InChI is InChI=1S/C16H17FN4/c1-20(2)10-14-16(11-4-3-5-13(18)8-11)19-15-7-6-12(17)9-21(14)15/h3-9H,10,18H2,1-2H3. The molecule has 5 heteroatoms. The van der Waals surface area contributed by atoms with Gasteiger partial charge in [0.1, 0.15) is 11.5 Å². The molecule has 0 aliphatic rings. The van der Waals surface area contributed by atoms with Gasteiger partial charge in [0.05, 0.1) is 11.4 Å². The predicted molar refractivity (Wildman–Crippen MR) is 82.4 cm³/mol. The Balaban J connectivity index is 2.25. The number of anilines is 1. The third-order valence-corrected chi connectivity index (χ3v) is 3.31. The lowest BCUT2D eigenvalue weighted by Gasteiger charge is -2.11. The lowest BCUT2D eigenvalue weighted by molar-refractivity contribution is 0.396. The van der Waals surface area contributed by atoms with Crippen molar-refractivity contribution in [2.24, 2.45) is 0 Å². The van der Waals surface area contributed by atoms with Gasteiger partial charge in [0, 0.05) is 24.0 Å². The zero-order chi connectivity index (χ0) is 15.0. The average Bonchev–Trinajstić information content (AvgIpc) is 2.76. The molecule has 0 aliphatic heterocycles. The molecule has 0 unspecified atom stereocenters. The fourth-order valence-corrected chi connectivity index (χ4v) is 2.44. The summed E-state index contributed by atoms with van der Waals surface area (Å²) >= 11 is 0. The summed E-state index contributed by atoms with van der Waals surface area (Å²) in [4.78, 5) is 6.66. The lowest BCUT2D eigenvalue weighted by atomic mass is 10.1. The summed E-state index contributed by atoms with van der Waals surface area (Å²) in [6.07, 6.45) is 1.47. The summed E-state index contributed by atoms with van der Waals surface area (Å²) in [6, 6.07) is 10.7. The van der Waals surface area contributed by atoms with Crippen LogP contribution in [-0.2, 0) is 6.54 Å². The Bertz CT molecular complexity index is 792. The second kappa shape index (κ2) is 5.18. The number of aromatic nitrogens is 2. The van der Waals surface area contributed by atoms with Crippen LogP contribution in [0.3, 0.4) is 0 Å². The van der Waals surface area contributed by atoms with E-state index in [9.17, 15) is 4.39 Å². The third kappa shape index (κ3) is 2.60. The molecule has 4 nitrogen and oxygen atoms in total. The van der Waals surface area contributed by atoms with Crippen molar-refractivity contribution in [3.05, 3.63) is 54.1 Å². The summed E-state index contributed by atoms with van der Waals surface area (Å²) in [5, 5.41) is 0. The van der Waals surface area contributed by atoms with Crippen molar-refractivity contribution in [2.45, 2.75) is 6.54 Å². The Morgan fingerprint density at radius 3 is 2.76 bits per heavy atom. The SMILES string of the molecule is CN(C)Cc1c(-c2cccc(N)c2)nc2ccc(F)cn12. The van der Waals surface area contributed by atoms with E-state index in [0.29, 0.717) is 12.2 Å². The normalized spacial score (nSPS) is 11.4. The van der Waals surface area contributed by atoms with Crippen LogP contribution < -0.4 is 5.73 Å². The van der Waals surface area contributed by atoms with Crippen molar-refractivity contribution < 1.29 is 4.39 Å². The van der Waals surface area contributed by atoms with Gasteiger partial charge in [-0.15, -0.1) is 0 Å². The molecule has 0 spiro atoms. The Kier molecular flexibility index (Phi) is 3.35. The number of benzene rings is 1. The minimum absolute atomic E-state index is 0.279. The molecule has 0 amide bonds. The maximum Gasteiger partial charge on any atom is 0.139 e. The molecule has 1 aromatic carbocycles. The number of hydrogen-bond donors (Lipinski definition) is 1. The fraction of sp³-hybridized carbons (Fsp3) is 0.188. The van der Waals surface area contributed by atoms with E-state index in [1.165, 1.54) is 12.3 Å². The first-order valence-corrected chi connectivity index (χ1v) is 6.72. The molecular weight excluding hydrogens is 267 g/mol. The van der Waals surface area contributed by atoms with Crippen LogP contribution in [0.2, 0.25) is 0 Å². The molecule has 0 aliphatic carbocycles. The van der Waals surface area contributed by atoms with E-state index < -0.39 is 0 Å². The van der Waals surface area contributed by atoms with E-state index in [2.05, 4.69) is 4.98 Å². The topological polar surface area (TPSA) is 46.6 Å². The smallest absolute Gasteiger partial charge is 0.139 e. The maximum atomic E-state index is 13.5. The number of nitrogen functional groups attached to an aromatic ring is 1. The molecule has 0 atom stereocenters. The van der Waals surface area contributed by atoms with E-state index in [4.69, 9.17) is 5.73 Å². The number of halogens is 1. The van der Waals surface area contributed by atoms with Crippen LogP contribution in [-0.4, -0.2) is 28.4 Å². The van der Waals surface area contributed by atoms with E-state index in [0.717, 1.165) is 22.6 Å². The summed E-state index contributed by atoms with van der Waals surface area (Å²) < 4.78 is 15.3. The quantitative estimate of drug-likeness (QED) is 0.752. The van der Waals surface area contributed by atoms with Gasteiger partial charge < -0.3 is 10.6 Å². The van der Waals surface area contributed by atoms with E-state index >= 15 is 0 Å². The highest BCUT2D eigenvalue weighted by atomic mass is 19.1. The highest BCUT2D eigenvalue weighted by Crippen LogP contribution is 2.27. The van der Waals surface area contributed by atoms with Crippen molar-refractivity contribution in [2.75, 3.05) is 19.8 Å². The number of hydrogen-bond acceptors (Lipinski definition) is 3. The van der Waals surface area contributed by atoms with E-state index in [1.54, 1.807) is 10.5 Å². The van der Waals surface area contributed by atoms with Gasteiger partial charge in [-0.3, -0.25) is 4.40 Å². The van der Waals surface area contributed by atoms with Crippen LogP contribution in [0.25, 0.3) is 16.9 Å². The summed E-state index contributed by atoms with van der Waals surface area (Å²) in [6.45, 7) is 0.661. The first-order valence-electron chi connectivity index (χ1n) is 6.72. The van der Waals surface area contributed by atoms with E-state index in [-0.39, 0.29) is 5.82 Å². The van der Waals surface area contributed by atoms with Gasteiger partial charge in [0.15, 0.2) is 0 Å². The summed E-state index contributed by atoms with van der Waals surface area (Å²) in [5.41, 5.74) is 9.99. The molecular formula is C16H17FN4. The molecule has 0 saturated heterocycles. The summed E-state index contributed by atoms with van der Waals surface area (Å²) in [7, 11) is 3.95. The lowest BCUT2D eigenvalue weighted by Crippen LogP contribution is -2.13. The molecule has 0 bridgehead atoms. The second-order valence-electron chi connectivity index (χ2n) is 5.35. The Labute approximate surface area is 122 Å². The molecule has 3 aromatic rings. The minimum Gasteiger partial charge on any atom is -0.399 e. The molecule has 2 aromatic heterocycles. The van der Waals surface area contributed by atoms with Crippen molar-refractivity contribution in [3.63, 3.8) is 0 Å². The molecule has 2 heterocycles. The van der Waals surface area contributed by atoms with Crippen LogP contribution in [0.5, 0.6) is 0 Å². The zero-order valence-electron chi connectivity index (χ0n) is 12.0. The maximum absolute atomic E-state index is 13.5. The highest BCUT2D eigenvalue weighted by Gasteiger charge is 2.15. The molecule has 21 heavy (non-hydrogen) atoms. The number of imidazole rings is 1. The molecule has 0 fully saturated rings. The van der Waals surface area contributed by atoms with Crippen LogP contribution in [0.1, 0.15) is 5.69 Å². The van der Waals surface area contributed by atoms with Crippen LogP contribution in [0, 0.1) is 5.82 Å². The molecule has 3 rings (SSSR count). The van der Waals surface area contributed by atoms with Gasteiger partial charge in [-0.25, -0.2) is 9.37 Å². The Morgan fingerprint density at radius 1 is 1.24 bits per heavy atom. The largest absolute Gasteiger partial charge is 0.399 e. The van der Waals surface area contributed by atoms with Crippen LogP contribution in [0.4, 0.5) is 10.1 Å². The number of fused-ring (bicyclic) bond motifs is 1. The Hall–Kier alpha value is -2.40. The monoisotopic (exact) mass is 284 g/mol. The highest BCUT2D eigenvalue weighted by molar-refractivity contribution is 5.69.